The first-order valence-electron chi connectivity index (χ1n) is 7.72. The highest BCUT2D eigenvalue weighted by atomic mass is 19.4. The Morgan fingerprint density at radius 3 is 2.29 bits per heavy atom. The van der Waals surface area contributed by atoms with E-state index in [-0.39, 0.29) is 6.04 Å². The molecule has 1 N–H and O–H groups in total. The van der Waals surface area contributed by atoms with E-state index in [0.717, 1.165) is 12.0 Å². The zero-order valence-electron chi connectivity index (χ0n) is 12.9. The van der Waals surface area contributed by atoms with Crippen LogP contribution in [0.4, 0.5) is 13.2 Å². The molecule has 0 spiro atoms. The highest BCUT2D eigenvalue weighted by Crippen LogP contribution is 2.32. The van der Waals surface area contributed by atoms with Crippen molar-refractivity contribution in [3.05, 3.63) is 35.4 Å². The van der Waals surface area contributed by atoms with Gasteiger partial charge in [0.2, 0.25) is 0 Å². The van der Waals surface area contributed by atoms with Crippen LogP contribution in [0.5, 0.6) is 0 Å². The SMILES string of the molecule is CC(NC1CCCC(C)C1C)c1ccc(C(F)(F)F)cc1. The van der Waals surface area contributed by atoms with Crippen molar-refractivity contribution in [2.75, 3.05) is 0 Å². The van der Waals surface area contributed by atoms with Crippen molar-refractivity contribution in [2.24, 2.45) is 11.8 Å². The topological polar surface area (TPSA) is 12.0 Å². The van der Waals surface area contributed by atoms with Crippen LogP contribution < -0.4 is 5.32 Å². The van der Waals surface area contributed by atoms with E-state index in [1.165, 1.54) is 25.0 Å². The van der Waals surface area contributed by atoms with Gasteiger partial charge in [-0.05, 0) is 42.9 Å². The molecule has 0 heterocycles. The largest absolute Gasteiger partial charge is 0.416 e. The third-order valence-electron chi connectivity index (χ3n) is 4.91. The van der Waals surface area contributed by atoms with Crippen molar-refractivity contribution in [3.8, 4) is 0 Å². The smallest absolute Gasteiger partial charge is 0.307 e. The van der Waals surface area contributed by atoms with Crippen molar-refractivity contribution in [1.29, 1.82) is 0 Å². The van der Waals surface area contributed by atoms with Gasteiger partial charge in [-0.1, -0.05) is 38.8 Å². The second-order valence-corrected chi connectivity index (χ2v) is 6.38. The van der Waals surface area contributed by atoms with Crippen LogP contribution in [0.3, 0.4) is 0 Å². The molecule has 1 aliphatic carbocycles. The number of halogens is 3. The monoisotopic (exact) mass is 299 g/mol. The van der Waals surface area contributed by atoms with Gasteiger partial charge >= 0.3 is 6.18 Å². The lowest BCUT2D eigenvalue weighted by molar-refractivity contribution is -0.137. The van der Waals surface area contributed by atoms with Crippen LogP contribution in [0.1, 0.15) is 57.2 Å². The predicted octanol–water partition coefficient (Wildman–Crippen LogP) is 5.18. The molecule has 4 heteroatoms. The number of hydrogen-bond donors (Lipinski definition) is 1. The van der Waals surface area contributed by atoms with E-state index in [2.05, 4.69) is 19.2 Å². The molecule has 21 heavy (non-hydrogen) atoms. The van der Waals surface area contributed by atoms with Gasteiger partial charge in [0.1, 0.15) is 0 Å². The van der Waals surface area contributed by atoms with Gasteiger partial charge in [0.25, 0.3) is 0 Å². The lowest BCUT2D eigenvalue weighted by Gasteiger charge is -2.36. The van der Waals surface area contributed by atoms with Gasteiger partial charge in [-0.15, -0.1) is 0 Å². The summed E-state index contributed by atoms with van der Waals surface area (Å²) < 4.78 is 37.7. The van der Waals surface area contributed by atoms with E-state index >= 15 is 0 Å². The number of nitrogens with one attached hydrogen (secondary N) is 1. The molecule has 1 fully saturated rings. The molecule has 4 unspecified atom stereocenters. The summed E-state index contributed by atoms with van der Waals surface area (Å²) >= 11 is 0. The molecule has 1 nitrogen and oxygen atoms in total. The summed E-state index contributed by atoms with van der Waals surface area (Å²) in [6.45, 7) is 6.57. The van der Waals surface area contributed by atoms with E-state index in [4.69, 9.17) is 0 Å². The van der Waals surface area contributed by atoms with Crippen molar-refractivity contribution >= 4 is 0 Å². The molecular weight excluding hydrogens is 275 g/mol. The van der Waals surface area contributed by atoms with E-state index in [0.29, 0.717) is 17.9 Å². The fourth-order valence-corrected chi connectivity index (χ4v) is 3.20. The summed E-state index contributed by atoms with van der Waals surface area (Å²) in [5, 5.41) is 3.59. The van der Waals surface area contributed by atoms with Gasteiger partial charge < -0.3 is 5.32 Å². The zero-order valence-corrected chi connectivity index (χ0v) is 12.9. The van der Waals surface area contributed by atoms with Gasteiger partial charge in [-0.3, -0.25) is 0 Å². The van der Waals surface area contributed by atoms with Gasteiger partial charge in [0.15, 0.2) is 0 Å². The number of hydrogen-bond acceptors (Lipinski definition) is 1. The molecule has 0 radical (unpaired) electrons. The molecule has 0 saturated heterocycles. The number of alkyl halides is 3. The average Bonchev–Trinajstić information content (AvgIpc) is 2.43. The van der Waals surface area contributed by atoms with E-state index < -0.39 is 11.7 Å². The maximum absolute atomic E-state index is 12.6. The van der Waals surface area contributed by atoms with Crippen LogP contribution in [-0.4, -0.2) is 6.04 Å². The lowest BCUT2D eigenvalue weighted by atomic mass is 9.77. The Labute approximate surface area is 124 Å². The standard InChI is InChI=1S/C17H24F3N/c1-11-5-4-6-16(12(11)2)21-13(3)14-7-9-15(10-8-14)17(18,19)20/h7-13,16,21H,4-6H2,1-3H3. The third-order valence-corrected chi connectivity index (χ3v) is 4.91. The Kier molecular flexibility index (Phi) is 4.97. The van der Waals surface area contributed by atoms with Crippen molar-refractivity contribution in [2.45, 2.75) is 58.3 Å². The average molecular weight is 299 g/mol. The van der Waals surface area contributed by atoms with Crippen LogP contribution in [-0.2, 0) is 6.18 Å². The summed E-state index contributed by atoms with van der Waals surface area (Å²) in [7, 11) is 0. The molecule has 0 bridgehead atoms. The Bertz CT molecular complexity index is 452. The van der Waals surface area contributed by atoms with Crippen LogP contribution >= 0.6 is 0 Å². The molecule has 1 saturated carbocycles. The van der Waals surface area contributed by atoms with Gasteiger partial charge in [0, 0.05) is 12.1 Å². The van der Waals surface area contributed by atoms with Gasteiger partial charge in [-0.25, -0.2) is 0 Å². The number of rotatable bonds is 3. The highest BCUT2D eigenvalue weighted by molar-refractivity contribution is 5.26. The summed E-state index contributed by atoms with van der Waals surface area (Å²) in [6.07, 6.45) is -0.615. The van der Waals surface area contributed by atoms with E-state index in [1.807, 2.05) is 6.92 Å². The summed E-state index contributed by atoms with van der Waals surface area (Å²) in [5.74, 6) is 1.31. The molecule has 1 aromatic carbocycles. The molecule has 1 aromatic rings. The Balaban J connectivity index is 2.01. The summed E-state index contributed by atoms with van der Waals surface area (Å²) in [6, 6.07) is 6.02. The molecular formula is C17H24F3N. The minimum Gasteiger partial charge on any atom is -0.307 e. The van der Waals surface area contributed by atoms with E-state index in [9.17, 15) is 13.2 Å². The normalized spacial score (nSPS) is 28.4. The van der Waals surface area contributed by atoms with Crippen molar-refractivity contribution < 1.29 is 13.2 Å². The second kappa shape index (κ2) is 6.39. The highest BCUT2D eigenvalue weighted by Gasteiger charge is 2.31. The van der Waals surface area contributed by atoms with Crippen LogP contribution in [0, 0.1) is 11.8 Å². The maximum atomic E-state index is 12.6. The molecule has 0 amide bonds. The molecule has 2 rings (SSSR count). The fraction of sp³-hybridized carbons (Fsp3) is 0.647. The third kappa shape index (κ3) is 4.00. The van der Waals surface area contributed by atoms with Crippen molar-refractivity contribution in [3.63, 3.8) is 0 Å². The molecule has 4 atom stereocenters. The number of benzene rings is 1. The maximum Gasteiger partial charge on any atom is 0.416 e. The quantitative estimate of drug-likeness (QED) is 0.811. The fourth-order valence-electron chi connectivity index (χ4n) is 3.20. The van der Waals surface area contributed by atoms with Crippen LogP contribution in [0.25, 0.3) is 0 Å². The van der Waals surface area contributed by atoms with Crippen LogP contribution in [0.15, 0.2) is 24.3 Å². The molecule has 1 aliphatic rings. The molecule has 0 aliphatic heterocycles. The van der Waals surface area contributed by atoms with Crippen molar-refractivity contribution in [1.82, 2.24) is 5.32 Å². The molecule has 0 aromatic heterocycles. The predicted molar refractivity (Wildman–Crippen MR) is 79.0 cm³/mol. The van der Waals surface area contributed by atoms with Gasteiger partial charge in [0.05, 0.1) is 5.56 Å². The van der Waals surface area contributed by atoms with Gasteiger partial charge in [-0.2, -0.15) is 13.2 Å². The Morgan fingerprint density at radius 1 is 1.10 bits per heavy atom. The van der Waals surface area contributed by atoms with Crippen LogP contribution in [0.2, 0.25) is 0 Å². The summed E-state index contributed by atoms with van der Waals surface area (Å²) in [5.41, 5.74) is 0.325. The first-order valence-corrected chi connectivity index (χ1v) is 7.72. The molecule has 118 valence electrons. The zero-order chi connectivity index (χ0) is 15.6. The Morgan fingerprint density at radius 2 is 1.71 bits per heavy atom. The Hall–Kier alpha value is -1.03. The second-order valence-electron chi connectivity index (χ2n) is 6.38. The first-order chi connectivity index (χ1) is 9.79. The summed E-state index contributed by atoms with van der Waals surface area (Å²) in [4.78, 5) is 0. The minimum atomic E-state index is -4.26. The first kappa shape index (κ1) is 16.3. The lowest BCUT2D eigenvalue weighted by Crippen LogP contribution is -2.41. The minimum absolute atomic E-state index is 0.0741. The van der Waals surface area contributed by atoms with E-state index in [1.54, 1.807) is 12.1 Å².